The molecule has 1 fully saturated rings. The molecule has 0 amide bonds. The lowest BCUT2D eigenvalue weighted by Crippen LogP contribution is -1.88. The zero-order valence-electron chi connectivity index (χ0n) is 41.3. The molecule has 0 spiro atoms. The van der Waals surface area contributed by atoms with Gasteiger partial charge >= 0.3 is 0 Å². The van der Waals surface area contributed by atoms with Gasteiger partial charge in [-0.1, -0.05) is 189 Å². The molecule has 0 aliphatic carbocycles. The molecule has 0 aromatic carbocycles. The lowest BCUT2D eigenvalue weighted by molar-refractivity contribution is 0.148. The zero-order valence-corrected chi connectivity index (χ0v) is 41.3. The maximum atomic E-state index is 4.98. The van der Waals surface area contributed by atoms with Crippen LogP contribution >= 0.6 is 0 Å². The molecule has 4 nitrogen and oxygen atoms in total. The van der Waals surface area contributed by atoms with Crippen LogP contribution in [0, 0.1) is 0 Å². The zero-order chi connectivity index (χ0) is 43.6. The van der Waals surface area contributed by atoms with Crippen LogP contribution in [0.4, 0.5) is 0 Å². The predicted molar refractivity (Wildman–Crippen MR) is 246 cm³/mol. The van der Waals surface area contributed by atoms with Gasteiger partial charge < -0.3 is 18.9 Å². The molecule has 1 rings (SSSR count). The van der Waals surface area contributed by atoms with Crippen molar-refractivity contribution in [2.45, 2.75) is 219 Å². The van der Waals surface area contributed by atoms with E-state index in [0.717, 1.165) is 39.5 Å². The van der Waals surface area contributed by atoms with E-state index in [0.29, 0.717) is 6.10 Å². The molecule has 1 aliphatic heterocycles. The van der Waals surface area contributed by atoms with Gasteiger partial charge in [0.1, 0.15) is 0 Å². The van der Waals surface area contributed by atoms with Gasteiger partial charge in [0.25, 0.3) is 0 Å². The number of ether oxygens (including phenoxy) is 4. The Labute approximate surface area is 321 Å². The minimum absolute atomic E-state index is 0.634. The molecule has 0 aromatic rings. The summed E-state index contributed by atoms with van der Waals surface area (Å²) in [5.41, 5.74) is 0. The molecule has 1 heterocycles. The minimum atomic E-state index is 0.634. The van der Waals surface area contributed by atoms with Crippen LogP contribution in [0.15, 0.2) is 37.5 Å². The second-order valence-corrected chi connectivity index (χ2v) is 5.77. The number of allylic oxidation sites excluding steroid dienone is 4. The van der Waals surface area contributed by atoms with Crippen molar-refractivity contribution in [1.82, 2.24) is 0 Å². The monoisotopic (exact) mass is 719 g/mol. The molecule has 0 bridgehead atoms. The van der Waals surface area contributed by atoms with Crippen LogP contribution in [-0.4, -0.2) is 53.4 Å². The van der Waals surface area contributed by atoms with E-state index in [-0.39, 0.29) is 0 Å². The van der Waals surface area contributed by atoms with E-state index < -0.39 is 0 Å². The van der Waals surface area contributed by atoms with E-state index >= 15 is 0 Å². The fourth-order valence-electron chi connectivity index (χ4n) is 0.815. The third kappa shape index (κ3) is 560. The third-order valence-electron chi connectivity index (χ3n) is 2.98. The predicted octanol–water partition coefficient (Wildman–Crippen LogP) is 17.5. The SMILES string of the molecule is C/C=C/C=C/C.C=C.CC.CC.CC.CC.CC.CC.CC.CC.CC.CCC1CO1.CCCC.CCCOCC.CCOC.CCOC. The van der Waals surface area contributed by atoms with Crippen LogP contribution in [0.5, 0.6) is 0 Å². The molecule has 0 saturated carbocycles. The summed E-state index contributed by atoms with van der Waals surface area (Å²) in [5, 5.41) is 0. The molecule has 49 heavy (non-hydrogen) atoms. The maximum Gasteiger partial charge on any atom is 0.0807 e. The third-order valence-corrected chi connectivity index (χ3v) is 2.98. The summed E-state index contributed by atoms with van der Waals surface area (Å²) in [6, 6.07) is 0. The van der Waals surface area contributed by atoms with Gasteiger partial charge in [0.15, 0.2) is 0 Å². The lowest BCUT2D eigenvalue weighted by atomic mass is 10.4. The van der Waals surface area contributed by atoms with E-state index in [1.807, 2.05) is 184 Å². The van der Waals surface area contributed by atoms with Crippen molar-refractivity contribution in [3.05, 3.63) is 37.5 Å². The Morgan fingerprint density at radius 1 is 0.490 bits per heavy atom. The first-order valence-electron chi connectivity index (χ1n) is 20.9. The number of unbranched alkanes of at least 4 members (excludes halogenated alkanes) is 1. The number of hydrogen-bond acceptors (Lipinski definition) is 4. The average molecular weight is 719 g/mol. The molecule has 1 unspecified atom stereocenters. The number of epoxide rings is 1. The fourth-order valence-corrected chi connectivity index (χ4v) is 0.815. The van der Waals surface area contributed by atoms with Gasteiger partial charge in [-0.15, -0.1) is 13.2 Å². The van der Waals surface area contributed by atoms with Crippen LogP contribution in [-0.2, 0) is 18.9 Å². The first-order valence-corrected chi connectivity index (χ1v) is 20.9. The van der Waals surface area contributed by atoms with Crippen LogP contribution in [0.1, 0.15) is 213 Å². The van der Waals surface area contributed by atoms with Crippen molar-refractivity contribution in [1.29, 1.82) is 0 Å². The van der Waals surface area contributed by atoms with Crippen molar-refractivity contribution < 1.29 is 18.9 Å². The van der Waals surface area contributed by atoms with Crippen LogP contribution in [0.3, 0.4) is 0 Å². The highest BCUT2D eigenvalue weighted by molar-refractivity contribution is 4.98. The fraction of sp³-hybridized carbons (Fsp3) is 0.867. The van der Waals surface area contributed by atoms with Gasteiger partial charge in [-0.25, -0.2) is 0 Å². The van der Waals surface area contributed by atoms with E-state index in [1.54, 1.807) is 14.2 Å². The van der Waals surface area contributed by atoms with E-state index in [2.05, 4.69) is 50.3 Å². The van der Waals surface area contributed by atoms with E-state index in [1.165, 1.54) is 19.3 Å². The number of rotatable bonds is 8. The first kappa shape index (κ1) is 97.4. The Balaban J connectivity index is -0.0000000198. The summed E-state index contributed by atoms with van der Waals surface area (Å²) in [4.78, 5) is 0. The van der Waals surface area contributed by atoms with Crippen molar-refractivity contribution in [3.63, 3.8) is 0 Å². The number of methoxy groups -OCH3 is 2. The topological polar surface area (TPSA) is 40.2 Å². The summed E-state index contributed by atoms with van der Waals surface area (Å²) in [6.45, 7) is 64.9. The number of hydrogen-bond donors (Lipinski definition) is 0. The Kier molecular flexibility index (Phi) is 546. The smallest absolute Gasteiger partial charge is 0.0807 e. The van der Waals surface area contributed by atoms with Crippen molar-refractivity contribution in [2.24, 2.45) is 0 Å². The minimum Gasteiger partial charge on any atom is -0.385 e. The summed E-state index contributed by atoms with van der Waals surface area (Å²) in [6.07, 6.45) is 13.6. The van der Waals surface area contributed by atoms with Crippen molar-refractivity contribution >= 4 is 0 Å². The van der Waals surface area contributed by atoms with Gasteiger partial charge in [-0.3, -0.25) is 0 Å². The maximum absolute atomic E-state index is 4.98. The quantitative estimate of drug-likeness (QED) is 0.108. The molecule has 1 aliphatic rings. The van der Waals surface area contributed by atoms with Crippen LogP contribution in [0.2, 0.25) is 0 Å². The molecular weight excluding hydrogens is 604 g/mol. The summed E-state index contributed by atoms with van der Waals surface area (Å²) >= 11 is 0. The summed E-state index contributed by atoms with van der Waals surface area (Å²) in [5.74, 6) is 0. The Bertz CT molecular complexity index is 235. The second kappa shape index (κ2) is 275. The Morgan fingerprint density at radius 3 is 0.755 bits per heavy atom. The molecule has 0 aromatic heterocycles. The molecule has 318 valence electrons. The standard InChI is InChI=1S/C6H10.C5H12O.C4H8O.C4H10.2C3H8O.9C2H6.C2H4/c2*1-3-5-6-4-2;1-2-4-3-5-4;3*1-3-4-2;10*1-2/h3-6H,1-2H3;3-5H2,1-2H3;4H,2-3H2,1H3;3-4H2,1-2H3;2*3H2,1-2H3;9*1-2H3;1-2H2/b5-3+,6-4+;;;;;;;;;;;;;;;. The van der Waals surface area contributed by atoms with Gasteiger partial charge in [-0.05, 0) is 47.5 Å². The van der Waals surface area contributed by atoms with Gasteiger partial charge in [-0.2, -0.15) is 0 Å². The largest absolute Gasteiger partial charge is 0.385 e. The van der Waals surface area contributed by atoms with Gasteiger partial charge in [0.2, 0.25) is 0 Å². The normalized spacial score (nSPS) is 9.04. The summed E-state index contributed by atoms with van der Waals surface area (Å²) < 4.78 is 18.9. The molecule has 0 N–H and O–H groups in total. The van der Waals surface area contributed by atoms with Crippen LogP contribution in [0.25, 0.3) is 0 Å². The molecule has 4 heteroatoms. The Morgan fingerprint density at radius 2 is 0.714 bits per heavy atom. The van der Waals surface area contributed by atoms with Gasteiger partial charge in [0.05, 0.1) is 12.7 Å². The van der Waals surface area contributed by atoms with Crippen molar-refractivity contribution in [2.75, 3.05) is 47.3 Å². The average Bonchev–Trinajstić information content (AvgIpc) is 4.10. The molecule has 1 saturated heterocycles. The molecule has 1 atom stereocenters. The van der Waals surface area contributed by atoms with E-state index in [9.17, 15) is 0 Å². The highest BCUT2D eigenvalue weighted by atomic mass is 16.6. The summed E-state index contributed by atoms with van der Waals surface area (Å²) in [7, 11) is 3.36. The molecular formula is C45H114O4. The van der Waals surface area contributed by atoms with Gasteiger partial charge in [0, 0.05) is 40.6 Å². The Hall–Kier alpha value is -0.940. The first-order chi connectivity index (χ1) is 24.0. The second-order valence-electron chi connectivity index (χ2n) is 5.77. The highest BCUT2D eigenvalue weighted by Crippen LogP contribution is 2.10. The van der Waals surface area contributed by atoms with Crippen LogP contribution < -0.4 is 0 Å². The van der Waals surface area contributed by atoms with Crippen molar-refractivity contribution in [3.8, 4) is 0 Å². The highest BCUT2D eigenvalue weighted by Gasteiger charge is 2.18. The molecule has 0 radical (unpaired) electrons. The lowest BCUT2D eigenvalue weighted by Gasteiger charge is -1.91. The van der Waals surface area contributed by atoms with E-state index in [4.69, 9.17) is 9.47 Å².